The molecule has 0 spiro atoms. The highest BCUT2D eigenvalue weighted by Gasteiger charge is 2.25. The van der Waals surface area contributed by atoms with Crippen molar-refractivity contribution in [3.63, 3.8) is 0 Å². The van der Waals surface area contributed by atoms with Crippen molar-refractivity contribution in [1.82, 2.24) is 0 Å². The highest BCUT2D eigenvalue weighted by Crippen LogP contribution is 2.14. The third kappa shape index (κ3) is 5.52. The topological polar surface area (TPSA) is 52.6 Å². The largest absolute Gasteiger partial charge is 0.459 e. The van der Waals surface area contributed by atoms with Crippen LogP contribution in [0.15, 0.2) is 11.1 Å². The van der Waals surface area contributed by atoms with Crippen LogP contribution in [0.3, 0.4) is 0 Å². The van der Waals surface area contributed by atoms with Crippen molar-refractivity contribution >= 4 is 11.9 Å². The average Bonchev–Trinajstić information content (AvgIpc) is 2.14. The molecule has 98 valence electrons. The van der Waals surface area contributed by atoms with Crippen LogP contribution in [-0.2, 0) is 19.1 Å². The molecule has 0 unspecified atom stereocenters. The molecular weight excluding hydrogens is 220 g/mol. The Labute approximate surface area is 103 Å². The third-order valence-corrected chi connectivity index (χ3v) is 2.05. The fourth-order valence-corrected chi connectivity index (χ4v) is 1.15. The first kappa shape index (κ1) is 15.7. The van der Waals surface area contributed by atoms with Crippen molar-refractivity contribution in [3.05, 3.63) is 11.1 Å². The van der Waals surface area contributed by atoms with Crippen molar-refractivity contribution in [3.8, 4) is 0 Å². The maximum atomic E-state index is 11.8. The smallest absolute Gasteiger partial charge is 0.345 e. The van der Waals surface area contributed by atoms with Gasteiger partial charge in [0, 0.05) is 0 Å². The summed E-state index contributed by atoms with van der Waals surface area (Å²) in [5.74, 6) is -1.21. The Morgan fingerprint density at radius 2 is 1.29 bits per heavy atom. The van der Waals surface area contributed by atoms with Crippen LogP contribution in [0.2, 0.25) is 0 Å². The van der Waals surface area contributed by atoms with Crippen LogP contribution >= 0.6 is 0 Å². The van der Waals surface area contributed by atoms with Crippen molar-refractivity contribution in [2.24, 2.45) is 0 Å². The number of esters is 2. The minimum absolute atomic E-state index is 0.0231. The van der Waals surface area contributed by atoms with Gasteiger partial charge in [-0.2, -0.15) is 0 Å². The first-order chi connectivity index (χ1) is 7.79. The van der Waals surface area contributed by atoms with Crippen molar-refractivity contribution in [1.29, 1.82) is 0 Å². The van der Waals surface area contributed by atoms with E-state index in [0.29, 0.717) is 12.0 Å². The Morgan fingerprint density at radius 3 is 1.53 bits per heavy atom. The normalized spacial score (nSPS) is 10.4. The van der Waals surface area contributed by atoms with E-state index in [0.717, 1.165) is 0 Å². The summed E-state index contributed by atoms with van der Waals surface area (Å²) in [6.07, 6.45) is 0.0958. The van der Waals surface area contributed by atoms with Gasteiger partial charge >= 0.3 is 11.9 Å². The number of allylic oxidation sites excluding steroid dienone is 1. The van der Waals surface area contributed by atoms with E-state index < -0.39 is 11.9 Å². The van der Waals surface area contributed by atoms with Gasteiger partial charge in [-0.05, 0) is 41.0 Å². The number of hydrogen-bond acceptors (Lipinski definition) is 4. The summed E-state index contributed by atoms with van der Waals surface area (Å²) in [6.45, 7) is 10.6. The lowest BCUT2D eigenvalue weighted by molar-refractivity contribution is -0.151. The van der Waals surface area contributed by atoms with E-state index in [-0.39, 0.29) is 17.8 Å². The summed E-state index contributed by atoms with van der Waals surface area (Å²) in [5.41, 5.74) is 0.705. The molecule has 0 aromatic rings. The van der Waals surface area contributed by atoms with Gasteiger partial charge in [0.25, 0.3) is 0 Å². The van der Waals surface area contributed by atoms with E-state index in [4.69, 9.17) is 9.47 Å². The number of hydrogen-bond donors (Lipinski definition) is 0. The van der Waals surface area contributed by atoms with E-state index in [9.17, 15) is 9.59 Å². The van der Waals surface area contributed by atoms with E-state index in [2.05, 4.69) is 0 Å². The molecule has 0 saturated carbocycles. The summed E-state index contributed by atoms with van der Waals surface area (Å²) in [6, 6.07) is 0. The summed E-state index contributed by atoms with van der Waals surface area (Å²) in [4.78, 5) is 23.6. The second-order valence-corrected chi connectivity index (χ2v) is 4.42. The van der Waals surface area contributed by atoms with Crippen molar-refractivity contribution in [2.45, 2.75) is 60.2 Å². The minimum Gasteiger partial charge on any atom is -0.459 e. The van der Waals surface area contributed by atoms with Crippen LogP contribution in [-0.4, -0.2) is 24.1 Å². The van der Waals surface area contributed by atoms with E-state index >= 15 is 0 Å². The van der Waals surface area contributed by atoms with Gasteiger partial charge < -0.3 is 9.47 Å². The van der Waals surface area contributed by atoms with Gasteiger partial charge in [-0.1, -0.05) is 12.5 Å². The Kier molecular flexibility index (Phi) is 6.54. The number of rotatable bonds is 5. The van der Waals surface area contributed by atoms with Gasteiger partial charge in [0.15, 0.2) is 0 Å². The zero-order valence-corrected chi connectivity index (χ0v) is 11.5. The lowest BCUT2D eigenvalue weighted by Gasteiger charge is -2.14. The van der Waals surface area contributed by atoms with Gasteiger partial charge in [-0.25, -0.2) is 9.59 Å². The Bertz CT molecular complexity index is 289. The molecule has 0 N–H and O–H groups in total. The average molecular weight is 242 g/mol. The first-order valence-electron chi connectivity index (χ1n) is 5.91. The van der Waals surface area contributed by atoms with Gasteiger partial charge in [-0.15, -0.1) is 0 Å². The molecule has 0 radical (unpaired) electrons. The van der Waals surface area contributed by atoms with Crippen molar-refractivity contribution < 1.29 is 19.1 Å². The first-order valence-corrected chi connectivity index (χ1v) is 5.91. The van der Waals surface area contributed by atoms with E-state index in [1.54, 1.807) is 34.6 Å². The SMILES string of the molecule is CCC(C)=C(C(=O)OC(C)C)C(=O)OC(C)C. The monoisotopic (exact) mass is 242 g/mol. The predicted molar refractivity (Wildman–Crippen MR) is 65.4 cm³/mol. The molecule has 0 aromatic carbocycles. The second kappa shape index (κ2) is 7.09. The van der Waals surface area contributed by atoms with Crippen LogP contribution in [0.5, 0.6) is 0 Å². The molecule has 0 aliphatic carbocycles. The van der Waals surface area contributed by atoms with Crippen LogP contribution in [0.25, 0.3) is 0 Å². The molecule has 0 bridgehead atoms. The summed E-state index contributed by atoms with van der Waals surface area (Å²) >= 11 is 0. The lowest BCUT2D eigenvalue weighted by atomic mass is 10.1. The Balaban J connectivity index is 5.04. The summed E-state index contributed by atoms with van der Waals surface area (Å²) in [7, 11) is 0. The standard InChI is InChI=1S/C13H22O4/c1-7-10(6)11(12(14)16-8(2)3)13(15)17-9(4)5/h8-9H,7H2,1-6H3. The van der Waals surface area contributed by atoms with Crippen LogP contribution < -0.4 is 0 Å². The molecule has 4 nitrogen and oxygen atoms in total. The Hall–Kier alpha value is -1.32. The molecule has 0 rings (SSSR count). The van der Waals surface area contributed by atoms with E-state index in [1.165, 1.54) is 0 Å². The zero-order chi connectivity index (χ0) is 13.6. The fourth-order valence-electron chi connectivity index (χ4n) is 1.15. The van der Waals surface area contributed by atoms with Gasteiger partial charge in [0.2, 0.25) is 0 Å². The maximum Gasteiger partial charge on any atom is 0.345 e. The molecule has 0 atom stereocenters. The van der Waals surface area contributed by atoms with Gasteiger partial charge in [-0.3, -0.25) is 0 Å². The molecule has 4 heteroatoms. The molecule has 0 aliphatic heterocycles. The zero-order valence-electron chi connectivity index (χ0n) is 11.5. The fraction of sp³-hybridized carbons (Fsp3) is 0.692. The quantitative estimate of drug-likeness (QED) is 0.322. The number of carbonyl (C=O) groups excluding carboxylic acids is 2. The van der Waals surface area contributed by atoms with Crippen LogP contribution in [0.4, 0.5) is 0 Å². The van der Waals surface area contributed by atoms with Gasteiger partial charge in [0.05, 0.1) is 12.2 Å². The molecule has 0 heterocycles. The molecule has 0 amide bonds. The number of carbonyl (C=O) groups is 2. The molecule has 0 aromatic heterocycles. The third-order valence-electron chi connectivity index (χ3n) is 2.05. The van der Waals surface area contributed by atoms with E-state index in [1.807, 2.05) is 6.92 Å². The second-order valence-electron chi connectivity index (χ2n) is 4.42. The van der Waals surface area contributed by atoms with Crippen LogP contribution in [0.1, 0.15) is 48.0 Å². The maximum absolute atomic E-state index is 11.8. The Morgan fingerprint density at radius 1 is 0.941 bits per heavy atom. The molecule has 0 saturated heterocycles. The van der Waals surface area contributed by atoms with Crippen LogP contribution in [0, 0.1) is 0 Å². The lowest BCUT2D eigenvalue weighted by Crippen LogP contribution is -2.24. The number of ether oxygens (including phenoxy) is 2. The highest BCUT2D eigenvalue weighted by atomic mass is 16.6. The van der Waals surface area contributed by atoms with Crippen molar-refractivity contribution in [2.75, 3.05) is 0 Å². The molecule has 0 aliphatic rings. The minimum atomic E-state index is -0.606. The summed E-state index contributed by atoms with van der Waals surface area (Å²) in [5, 5.41) is 0. The summed E-state index contributed by atoms with van der Waals surface area (Å²) < 4.78 is 10.1. The van der Waals surface area contributed by atoms with Gasteiger partial charge in [0.1, 0.15) is 5.57 Å². The highest BCUT2D eigenvalue weighted by molar-refractivity contribution is 6.14. The predicted octanol–water partition coefficient (Wildman–Crippen LogP) is 2.62. The molecule has 0 fully saturated rings. The molecular formula is C13H22O4. The molecule has 17 heavy (non-hydrogen) atoms.